The van der Waals surface area contributed by atoms with E-state index in [0.717, 1.165) is 11.3 Å². The van der Waals surface area contributed by atoms with Crippen LogP contribution in [-0.4, -0.2) is 26.5 Å². The Kier molecular flexibility index (Phi) is 6.03. The molecule has 1 aromatic heterocycles. The van der Waals surface area contributed by atoms with Gasteiger partial charge in [0.15, 0.2) is 0 Å². The molecule has 0 aliphatic rings. The Morgan fingerprint density at radius 3 is 2.48 bits per heavy atom. The second kappa shape index (κ2) is 8.48. The molecule has 3 rings (SSSR count). The first-order chi connectivity index (χ1) is 13.8. The first-order valence-electron chi connectivity index (χ1n) is 9.14. The van der Waals surface area contributed by atoms with Gasteiger partial charge in [0.1, 0.15) is 5.76 Å². The van der Waals surface area contributed by atoms with E-state index in [-0.39, 0.29) is 17.2 Å². The second-order valence-electron chi connectivity index (χ2n) is 6.69. The van der Waals surface area contributed by atoms with Crippen molar-refractivity contribution in [3.8, 4) is 0 Å². The number of rotatable bonds is 7. The van der Waals surface area contributed by atoms with Crippen LogP contribution in [0.1, 0.15) is 23.4 Å². The maximum atomic E-state index is 12.9. The normalized spacial score (nSPS) is 11.3. The van der Waals surface area contributed by atoms with Crippen molar-refractivity contribution < 1.29 is 17.7 Å². The molecule has 0 spiro atoms. The molecule has 0 saturated carbocycles. The number of amides is 1. The largest absolute Gasteiger partial charge is 0.361 e. The Hall–Kier alpha value is -3.13. The number of carbonyl (C=O) groups excluding carboxylic acids is 1. The van der Waals surface area contributed by atoms with Gasteiger partial charge >= 0.3 is 0 Å². The average Bonchev–Trinajstić information content (AvgIpc) is 3.04. The molecule has 1 amide bonds. The lowest BCUT2D eigenvalue weighted by Crippen LogP contribution is -2.26. The van der Waals surface area contributed by atoms with E-state index in [2.05, 4.69) is 10.5 Å². The quantitative estimate of drug-likeness (QED) is 0.638. The summed E-state index contributed by atoms with van der Waals surface area (Å²) in [7, 11) is -2.25. The van der Waals surface area contributed by atoms with E-state index in [1.165, 1.54) is 23.5 Å². The second-order valence-corrected chi connectivity index (χ2v) is 8.66. The summed E-state index contributed by atoms with van der Waals surface area (Å²) < 4.78 is 32.2. The molecule has 1 heterocycles. The van der Waals surface area contributed by atoms with Crippen LogP contribution in [0.4, 0.5) is 11.4 Å². The summed E-state index contributed by atoms with van der Waals surface area (Å²) in [4.78, 5) is 12.4. The van der Waals surface area contributed by atoms with Crippen LogP contribution >= 0.6 is 0 Å². The Bertz CT molecular complexity index is 1090. The number of nitrogens with one attached hydrogen (secondary N) is 1. The lowest BCUT2D eigenvalue weighted by Gasteiger charge is -2.19. The first-order valence-corrected chi connectivity index (χ1v) is 10.6. The van der Waals surface area contributed by atoms with Crippen LogP contribution < -0.4 is 9.62 Å². The average molecular weight is 413 g/mol. The smallest absolute Gasteiger partial charge is 0.264 e. The van der Waals surface area contributed by atoms with Crippen LogP contribution in [-0.2, 0) is 21.2 Å². The van der Waals surface area contributed by atoms with Crippen LogP contribution in [0.3, 0.4) is 0 Å². The number of aryl methyl sites for hydroxylation is 2. The predicted octanol–water partition coefficient (Wildman–Crippen LogP) is 3.69. The van der Waals surface area contributed by atoms with Crippen molar-refractivity contribution in [3.05, 3.63) is 71.6 Å². The molecule has 0 saturated heterocycles. The van der Waals surface area contributed by atoms with Crippen LogP contribution in [0.15, 0.2) is 64.0 Å². The molecule has 29 heavy (non-hydrogen) atoms. The molecule has 0 atom stereocenters. The van der Waals surface area contributed by atoms with Crippen molar-refractivity contribution in [2.24, 2.45) is 0 Å². The molecule has 152 valence electrons. The highest BCUT2D eigenvalue weighted by Gasteiger charge is 2.21. The summed E-state index contributed by atoms with van der Waals surface area (Å²) in [6.45, 7) is 3.64. The van der Waals surface area contributed by atoms with E-state index >= 15 is 0 Å². The highest BCUT2D eigenvalue weighted by Crippen LogP contribution is 2.24. The molecule has 8 heteroatoms. The minimum absolute atomic E-state index is 0.104. The number of hydrogen-bond acceptors (Lipinski definition) is 5. The van der Waals surface area contributed by atoms with Gasteiger partial charge in [0.05, 0.1) is 16.3 Å². The fraction of sp³-hybridized carbons (Fsp3) is 0.238. The monoisotopic (exact) mass is 413 g/mol. The van der Waals surface area contributed by atoms with E-state index in [1.54, 1.807) is 36.4 Å². The molecule has 0 aliphatic carbocycles. The zero-order valence-electron chi connectivity index (χ0n) is 16.5. The SMILES string of the molecule is Cc1noc(C)c1CCC(=O)Nc1cccc(S(=O)(=O)N(C)c2ccccc2)c1. The maximum absolute atomic E-state index is 12.9. The molecule has 7 nitrogen and oxygen atoms in total. The molecule has 1 N–H and O–H groups in total. The van der Waals surface area contributed by atoms with E-state index in [0.29, 0.717) is 23.6 Å². The van der Waals surface area contributed by atoms with Gasteiger partial charge in [-0.15, -0.1) is 0 Å². The van der Waals surface area contributed by atoms with Crippen LogP contribution in [0.2, 0.25) is 0 Å². The molecule has 0 bridgehead atoms. The zero-order chi connectivity index (χ0) is 21.0. The third-order valence-corrected chi connectivity index (χ3v) is 6.46. The summed E-state index contributed by atoms with van der Waals surface area (Å²) in [5.74, 6) is 0.489. The fourth-order valence-electron chi connectivity index (χ4n) is 2.99. The Morgan fingerprint density at radius 1 is 1.10 bits per heavy atom. The molecule has 0 radical (unpaired) electrons. The Morgan fingerprint density at radius 2 is 1.83 bits per heavy atom. The molecule has 0 unspecified atom stereocenters. The minimum Gasteiger partial charge on any atom is -0.361 e. The van der Waals surface area contributed by atoms with Crippen molar-refractivity contribution >= 4 is 27.3 Å². The standard InChI is InChI=1S/C21H23N3O4S/c1-15-20(16(2)28-23-15)12-13-21(25)22-17-8-7-11-19(14-17)29(26,27)24(3)18-9-5-4-6-10-18/h4-11,14H,12-13H2,1-3H3,(H,22,25). The van der Waals surface area contributed by atoms with Crippen molar-refractivity contribution in [2.45, 2.75) is 31.6 Å². The molecular weight excluding hydrogens is 390 g/mol. The predicted molar refractivity (Wildman–Crippen MR) is 111 cm³/mol. The number of benzene rings is 2. The minimum atomic E-state index is -3.75. The highest BCUT2D eigenvalue weighted by atomic mass is 32.2. The van der Waals surface area contributed by atoms with Gasteiger partial charge < -0.3 is 9.84 Å². The number of carbonyl (C=O) groups is 1. The lowest BCUT2D eigenvalue weighted by atomic mass is 10.1. The van der Waals surface area contributed by atoms with Crippen LogP contribution in [0.25, 0.3) is 0 Å². The van der Waals surface area contributed by atoms with Gasteiger partial charge in [0.2, 0.25) is 5.91 Å². The zero-order valence-corrected chi connectivity index (χ0v) is 17.4. The number of sulfonamides is 1. The van der Waals surface area contributed by atoms with Crippen LogP contribution in [0.5, 0.6) is 0 Å². The van der Waals surface area contributed by atoms with Gasteiger partial charge in [-0.1, -0.05) is 29.4 Å². The Balaban J connectivity index is 1.71. The number of aromatic nitrogens is 1. The number of hydrogen-bond donors (Lipinski definition) is 1. The van der Waals surface area contributed by atoms with Gasteiger partial charge in [-0.3, -0.25) is 9.10 Å². The number of anilines is 2. The van der Waals surface area contributed by atoms with Gasteiger partial charge in [-0.25, -0.2) is 8.42 Å². The fourth-order valence-corrected chi connectivity index (χ4v) is 4.23. The maximum Gasteiger partial charge on any atom is 0.264 e. The van der Waals surface area contributed by atoms with Crippen molar-refractivity contribution in [1.29, 1.82) is 0 Å². The third kappa shape index (κ3) is 4.65. The van der Waals surface area contributed by atoms with Crippen molar-refractivity contribution in [2.75, 3.05) is 16.7 Å². The van der Waals surface area contributed by atoms with Gasteiger partial charge in [0, 0.05) is 24.7 Å². The number of para-hydroxylation sites is 1. The van der Waals surface area contributed by atoms with Gasteiger partial charge in [-0.2, -0.15) is 0 Å². The third-order valence-electron chi connectivity index (χ3n) is 4.68. The highest BCUT2D eigenvalue weighted by molar-refractivity contribution is 7.92. The summed E-state index contributed by atoms with van der Waals surface area (Å²) in [6.07, 6.45) is 0.742. The van der Waals surface area contributed by atoms with Gasteiger partial charge in [0.25, 0.3) is 10.0 Å². The first kappa shape index (κ1) is 20.6. The van der Waals surface area contributed by atoms with Crippen molar-refractivity contribution in [1.82, 2.24) is 5.16 Å². The van der Waals surface area contributed by atoms with E-state index in [4.69, 9.17) is 4.52 Å². The van der Waals surface area contributed by atoms with Crippen LogP contribution in [0, 0.1) is 13.8 Å². The van der Waals surface area contributed by atoms with Crippen molar-refractivity contribution in [3.63, 3.8) is 0 Å². The number of nitrogens with zero attached hydrogens (tertiary/aromatic N) is 2. The van der Waals surface area contributed by atoms with Gasteiger partial charge in [-0.05, 0) is 50.6 Å². The van der Waals surface area contributed by atoms with E-state index in [9.17, 15) is 13.2 Å². The lowest BCUT2D eigenvalue weighted by molar-refractivity contribution is -0.116. The summed E-state index contributed by atoms with van der Waals surface area (Å²) in [5, 5.41) is 6.64. The Labute approximate surface area is 170 Å². The molecule has 3 aromatic rings. The topological polar surface area (TPSA) is 92.5 Å². The molecular formula is C21H23N3O4S. The summed E-state index contributed by atoms with van der Waals surface area (Å²) >= 11 is 0. The summed E-state index contributed by atoms with van der Waals surface area (Å²) in [6, 6.07) is 15.0. The van der Waals surface area contributed by atoms with E-state index in [1.807, 2.05) is 19.9 Å². The van der Waals surface area contributed by atoms with E-state index < -0.39 is 10.0 Å². The molecule has 0 fully saturated rings. The summed E-state index contributed by atoms with van der Waals surface area (Å²) in [5.41, 5.74) is 2.67. The molecule has 0 aliphatic heterocycles. The molecule has 2 aromatic carbocycles.